The molecule has 0 aromatic rings. The van der Waals surface area contributed by atoms with E-state index >= 15 is 0 Å². The number of thioether (sulfide) groups is 1. The van der Waals surface area contributed by atoms with Crippen LogP contribution >= 0.6 is 24.2 Å². The van der Waals surface area contributed by atoms with Crippen molar-refractivity contribution in [3.05, 3.63) is 0 Å². The Morgan fingerprint density at radius 2 is 2.21 bits per heavy atom. The van der Waals surface area contributed by atoms with Gasteiger partial charge in [0, 0.05) is 30.9 Å². The van der Waals surface area contributed by atoms with Gasteiger partial charge in [0.05, 0.1) is 19.3 Å². The monoisotopic (exact) mass is 309 g/mol. The number of rotatable bonds is 4. The molecule has 0 aromatic heterocycles. The van der Waals surface area contributed by atoms with Crippen LogP contribution in [0.4, 0.5) is 0 Å². The van der Waals surface area contributed by atoms with Gasteiger partial charge in [0.1, 0.15) is 0 Å². The number of hydrogen-bond donors (Lipinski definition) is 2. The molecule has 2 unspecified atom stereocenters. The third-order valence-electron chi connectivity index (χ3n) is 3.77. The Morgan fingerprint density at radius 1 is 1.53 bits per heavy atom. The van der Waals surface area contributed by atoms with Gasteiger partial charge in [0.15, 0.2) is 0 Å². The highest BCUT2D eigenvalue weighted by atomic mass is 35.5. The van der Waals surface area contributed by atoms with E-state index in [9.17, 15) is 4.79 Å². The number of nitrogens with two attached hydrogens (primary N) is 1. The molecule has 3 N–H and O–H groups in total. The van der Waals surface area contributed by atoms with Gasteiger partial charge >= 0.3 is 0 Å². The molecule has 2 fully saturated rings. The number of ether oxygens (including phenoxy) is 1. The molecule has 2 atom stereocenters. The van der Waals surface area contributed by atoms with E-state index in [0.29, 0.717) is 6.54 Å². The number of carbonyl (C=O) groups excluding carboxylic acids is 1. The lowest BCUT2D eigenvalue weighted by molar-refractivity contribution is -0.122. The van der Waals surface area contributed by atoms with Crippen LogP contribution in [0.2, 0.25) is 0 Å². The van der Waals surface area contributed by atoms with Crippen LogP contribution in [0.1, 0.15) is 13.3 Å². The summed E-state index contributed by atoms with van der Waals surface area (Å²) in [5.41, 5.74) is 5.70. The lowest BCUT2D eigenvalue weighted by atomic mass is 9.95. The third kappa shape index (κ3) is 4.23. The second-order valence-corrected chi connectivity index (χ2v) is 6.24. The molecule has 2 heterocycles. The fourth-order valence-corrected chi connectivity index (χ4v) is 4.02. The Hall–Kier alpha value is -0.0100. The zero-order valence-electron chi connectivity index (χ0n) is 11.4. The summed E-state index contributed by atoms with van der Waals surface area (Å²) in [6, 6.07) is -0.430. The first-order chi connectivity index (χ1) is 8.64. The van der Waals surface area contributed by atoms with Crippen LogP contribution in [0.5, 0.6) is 0 Å². The number of amides is 1. The standard InChI is InChI=1S/C12H23N3O2S.ClH/c1-10(13)11(16)14-8-12(2-7-18-9-12)15-3-5-17-6-4-15;/h10H,2-9,13H2,1H3,(H,14,16);1H. The van der Waals surface area contributed by atoms with Gasteiger partial charge in [-0.3, -0.25) is 9.69 Å². The third-order valence-corrected chi connectivity index (χ3v) is 5.00. The molecule has 7 heteroatoms. The minimum atomic E-state index is -0.430. The number of hydrogen-bond acceptors (Lipinski definition) is 5. The van der Waals surface area contributed by atoms with Crippen molar-refractivity contribution in [2.45, 2.75) is 24.9 Å². The summed E-state index contributed by atoms with van der Waals surface area (Å²) in [6.45, 7) is 5.96. The molecule has 5 nitrogen and oxygen atoms in total. The average molecular weight is 310 g/mol. The normalized spacial score (nSPS) is 29.6. The number of morpholine rings is 1. The van der Waals surface area contributed by atoms with Crippen molar-refractivity contribution in [3.63, 3.8) is 0 Å². The summed E-state index contributed by atoms with van der Waals surface area (Å²) in [5.74, 6) is 2.21. The molecule has 0 saturated carbocycles. The van der Waals surface area contributed by atoms with Crippen molar-refractivity contribution < 1.29 is 9.53 Å². The van der Waals surface area contributed by atoms with Crippen molar-refractivity contribution in [3.8, 4) is 0 Å². The lowest BCUT2D eigenvalue weighted by Gasteiger charge is -2.43. The maximum atomic E-state index is 11.6. The highest BCUT2D eigenvalue weighted by molar-refractivity contribution is 7.99. The van der Waals surface area contributed by atoms with Gasteiger partial charge in [-0.15, -0.1) is 12.4 Å². The van der Waals surface area contributed by atoms with Crippen LogP contribution in [-0.4, -0.2) is 66.7 Å². The van der Waals surface area contributed by atoms with E-state index in [4.69, 9.17) is 10.5 Å². The van der Waals surface area contributed by atoms with Crippen LogP contribution in [0.25, 0.3) is 0 Å². The second-order valence-electron chi connectivity index (χ2n) is 5.13. The van der Waals surface area contributed by atoms with Crippen molar-refractivity contribution in [2.24, 2.45) is 5.73 Å². The minimum absolute atomic E-state index is 0. The van der Waals surface area contributed by atoms with Crippen LogP contribution in [0.15, 0.2) is 0 Å². The molecule has 0 aliphatic carbocycles. The van der Waals surface area contributed by atoms with Crippen LogP contribution in [0, 0.1) is 0 Å². The zero-order valence-corrected chi connectivity index (χ0v) is 13.0. The van der Waals surface area contributed by atoms with Gasteiger partial charge in [-0.05, 0) is 19.1 Å². The van der Waals surface area contributed by atoms with Crippen molar-refractivity contribution in [1.82, 2.24) is 10.2 Å². The van der Waals surface area contributed by atoms with E-state index in [1.165, 1.54) is 5.75 Å². The Bertz CT molecular complexity index is 293. The first-order valence-electron chi connectivity index (χ1n) is 6.58. The number of nitrogens with zero attached hydrogens (tertiary/aromatic N) is 1. The average Bonchev–Trinajstić information content (AvgIpc) is 2.87. The minimum Gasteiger partial charge on any atom is -0.379 e. The molecule has 19 heavy (non-hydrogen) atoms. The van der Waals surface area contributed by atoms with Gasteiger partial charge in [-0.25, -0.2) is 0 Å². The smallest absolute Gasteiger partial charge is 0.236 e. The zero-order chi connectivity index (χ0) is 13.0. The SMILES string of the molecule is CC(N)C(=O)NCC1(N2CCOCC2)CCSC1.Cl. The molecule has 0 spiro atoms. The summed E-state index contributed by atoms with van der Waals surface area (Å²) in [6.07, 6.45) is 1.14. The summed E-state index contributed by atoms with van der Waals surface area (Å²) < 4.78 is 5.41. The first-order valence-corrected chi connectivity index (χ1v) is 7.73. The fourth-order valence-electron chi connectivity index (χ4n) is 2.55. The van der Waals surface area contributed by atoms with Crippen molar-refractivity contribution >= 4 is 30.1 Å². The molecule has 0 aromatic carbocycles. The molecule has 0 radical (unpaired) electrons. The van der Waals surface area contributed by atoms with Crippen molar-refractivity contribution in [1.29, 1.82) is 0 Å². The maximum Gasteiger partial charge on any atom is 0.236 e. The van der Waals surface area contributed by atoms with Gasteiger partial charge in [0.25, 0.3) is 0 Å². The Labute approximate surface area is 125 Å². The van der Waals surface area contributed by atoms with Crippen LogP contribution in [0.3, 0.4) is 0 Å². The molecule has 112 valence electrons. The highest BCUT2D eigenvalue weighted by Gasteiger charge is 2.40. The summed E-state index contributed by atoms with van der Waals surface area (Å²) in [4.78, 5) is 14.1. The predicted molar refractivity (Wildman–Crippen MR) is 81.0 cm³/mol. The molecular formula is C12H24ClN3O2S. The van der Waals surface area contributed by atoms with Gasteiger partial charge in [-0.1, -0.05) is 0 Å². The molecular weight excluding hydrogens is 286 g/mol. The molecule has 1 amide bonds. The van der Waals surface area contributed by atoms with E-state index < -0.39 is 6.04 Å². The Kier molecular flexibility index (Phi) is 6.90. The van der Waals surface area contributed by atoms with E-state index in [2.05, 4.69) is 10.2 Å². The fraction of sp³-hybridized carbons (Fsp3) is 0.917. The van der Waals surface area contributed by atoms with Crippen LogP contribution < -0.4 is 11.1 Å². The topological polar surface area (TPSA) is 67.6 Å². The number of nitrogens with one attached hydrogen (secondary N) is 1. The molecule has 0 bridgehead atoms. The van der Waals surface area contributed by atoms with Gasteiger partial charge in [-0.2, -0.15) is 11.8 Å². The van der Waals surface area contributed by atoms with Gasteiger partial charge < -0.3 is 15.8 Å². The molecule has 2 rings (SSSR count). The summed E-state index contributed by atoms with van der Waals surface area (Å²) in [5, 5.41) is 3.00. The van der Waals surface area contributed by atoms with E-state index in [-0.39, 0.29) is 23.9 Å². The molecule has 2 aliphatic heterocycles. The molecule has 2 aliphatic rings. The largest absolute Gasteiger partial charge is 0.379 e. The summed E-state index contributed by atoms with van der Waals surface area (Å²) in [7, 11) is 0. The quantitative estimate of drug-likeness (QED) is 0.770. The highest BCUT2D eigenvalue weighted by Crippen LogP contribution is 2.33. The molecule has 2 saturated heterocycles. The van der Waals surface area contributed by atoms with Crippen LogP contribution in [-0.2, 0) is 9.53 Å². The second kappa shape index (κ2) is 7.69. The van der Waals surface area contributed by atoms with Gasteiger partial charge in [0.2, 0.25) is 5.91 Å². The predicted octanol–water partition coefficient (Wildman–Crippen LogP) is 0.0795. The van der Waals surface area contributed by atoms with E-state index in [0.717, 1.165) is 38.5 Å². The maximum absolute atomic E-state index is 11.6. The first kappa shape index (κ1) is 17.0. The van der Waals surface area contributed by atoms with Crippen molar-refractivity contribution in [2.75, 3.05) is 44.4 Å². The number of halogens is 1. The lowest BCUT2D eigenvalue weighted by Crippen LogP contribution is -2.60. The summed E-state index contributed by atoms with van der Waals surface area (Å²) >= 11 is 1.97. The van der Waals surface area contributed by atoms with E-state index in [1.54, 1.807) is 6.92 Å². The Balaban J connectivity index is 0.00000180. The van der Waals surface area contributed by atoms with E-state index in [1.807, 2.05) is 11.8 Å². The Morgan fingerprint density at radius 3 is 2.74 bits per heavy atom. The number of carbonyl (C=O) groups is 1.